The van der Waals surface area contributed by atoms with Crippen molar-refractivity contribution < 1.29 is 14.6 Å². The highest BCUT2D eigenvalue weighted by atomic mass is 16.5. The van der Waals surface area contributed by atoms with E-state index in [4.69, 9.17) is 9.47 Å². The molecule has 1 aromatic rings. The van der Waals surface area contributed by atoms with Crippen molar-refractivity contribution in [3.63, 3.8) is 0 Å². The van der Waals surface area contributed by atoms with Crippen molar-refractivity contribution in [2.24, 2.45) is 0 Å². The van der Waals surface area contributed by atoms with Gasteiger partial charge in [0.25, 0.3) is 0 Å². The highest BCUT2D eigenvalue weighted by molar-refractivity contribution is 5.42. The van der Waals surface area contributed by atoms with Gasteiger partial charge in [-0.05, 0) is 44.6 Å². The first-order chi connectivity index (χ1) is 9.98. The molecule has 120 valence electrons. The molecule has 1 N–H and O–H groups in total. The summed E-state index contributed by atoms with van der Waals surface area (Å²) in [6.07, 6.45) is 0.198. The van der Waals surface area contributed by atoms with E-state index in [1.165, 1.54) is 0 Å². The number of nitrogens with zero attached hydrogens (tertiary/aromatic N) is 1. The van der Waals surface area contributed by atoms with Crippen LogP contribution in [0.25, 0.3) is 0 Å². The summed E-state index contributed by atoms with van der Waals surface area (Å²) in [4.78, 5) is 2.29. The summed E-state index contributed by atoms with van der Waals surface area (Å²) in [7, 11) is 3.25. The van der Waals surface area contributed by atoms with Gasteiger partial charge in [0.05, 0.1) is 14.2 Å². The molecule has 0 amide bonds. The Morgan fingerprint density at radius 3 is 2.19 bits per heavy atom. The molecule has 0 bridgehead atoms. The Balaban J connectivity index is 3.29. The van der Waals surface area contributed by atoms with Crippen molar-refractivity contribution in [3.05, 3.63) is 23.8 Å². The average Bonchev–Trinajstić information content (AvgIpc) is 2.54. The SMILES string of the molecule is CCN(CC)C(C)(CC)C(O)c1cc(OC)ccc1OC. The van der Waals surface area contributed by atoms with Crippen LogP contribution in [0.2, 0.25) is 0 Å². The number of likely N-dealkylation sites (N-methyl/N-ethyl adjacent to an activating group) is 1. The second-order valence-corrected chi connectivity index (χ2v) is 5.39. The predicted octanol–water partition coefficient (Wildman–Crippen LogP) is 3.25. The molecule has 0 fully saturated rings. The van der Waals surface area contributed by atoms with E-state index in [1.54, 1.807) is 14.2 Å². The fourth-order valence-corrected chi connectivity index (χ4v) is 2.92. The van der Waals surface area contributed by atoms with Crippen molar-refractivity contribution in [1.82, 2.24) is 4.90 Å². The average molecular weight is 295 g/mol. The zero-order chi connectivity index (χ0) is 16.0. The molecule has 4 nitrogen and oxygen atoms in total. The highest BCUT2D eigenvalue weighted by Gasteiger charge is 2.38. The Kier molecular flexibility index (Phi) is 6.49. The number of aliphatic hydroxyl groups is 1. The van der Waals surface area contributed by atoms with Gasteiger partial charge in [-0.1, -0.05) is 20.8 Å². The van der Waals surface area contributed by atoms with E-state index in [0.29, 0.717) is 5.75 Å². The van der Waals surface area contributed by atoms with Gasteiger partial charge in [-0.2, -0.15) is 0 Å². The largest absolute Gasteiger partial charge is 0.497 e. The first kappa shape index (κ1) is 17.8. The fourth-order valence-electron chi connectivity index (χ4n) is 2.92. The molecule has 0 aliphatic carbocycles. The number of methoxy groups -OCH3 is 2. The number of hydrogen-bond acceptors (Lipinski definition) is 4. The minimum atomic E-state index is -0.646. The van der Waals surface area contributed by atoms with Gasteiger partial charge in [0.2, 0.25) is 0 Å². The summed E-state index contributed by atoms with van der Waals surface area (Å²) < 4.78 is 10.7. The smallest absolute Gasteiger partial charge is 0.125 e. The zero-order valence-corrected chi connectivity index (χ0v) is 14.1. The standard InChI is InChI=1S/C17H29NO3/c1-7-17(4,18(8-2)9-3)16(19)14-12-13(20-5)10-11-15(14)21-6/h10-12,16,19H,7-9H2,1-6H3. The van der Waals surface area contributed by atoms with Crippen LogP contribution in [-0.4, -0.2) is 42.9 Å². The molecular formula is C17H29NO3. The quantitative estimate of drug-likeness (QED) is 0.799. The number of aliphatic hydroxyl groups excluding tert-OH is 1. The van der Waals surface area contributed by atoms with E-state index < -0.39 is 6.10 Å². The molecule has 2 atom stereocenters. The molecule has 0 heterocycles. The van der Waals surface area contributed by atoms with Crippen LogP contribution in [0, 0.1) is 0 Å². The van der Waals surface area contributed by atoms with Crippen molar-refractivity contribution in [3.8, 4) is 11.5 Å². The van der Waals surface area contributed by atoms with Gasteiger partial charge in [-0.3, -0.25) is 4.90 Å². The van der Waals surface area contributed by atoms with E-state index in [2.05, 4.69) is 32.6 Å². The van der Waals surface area contributed by atoms with Gasteiger partial charge in [0, 0.05) is 11.1 Å². The van der Waals surface area contributed by atoms with Crippen LogP contribution >= 0.6 is 0 Å². The van der Waals surface area contributed by atoms with Crippen LogP contribution in [0.15, 0.2) is 18.2 Å². The molecule has 1 rings (SSSR count). The topological polar surface area (TPSA) is 41.9 Å². The lowest BCUT2D eigenvalue weighted by Crippen LogP contribution is -2.50. The molecule has 0 aliphatic rings. The Bertz CT molecular complexity index is 446. The van der Waals surface area contributed by atoms with Crippen molar-refractivity contribution in [2.45, 2.75) is 45.8 Å². The lowest BCUT2D eigenvalue weighted by Gasteiger charge is -2.43. The van der Waals surface area contributed by atoms with E-state index in [9.17, 15) is 5.11 Å². The fraction of sp³-hybridized carbons (Fsp3) is 0.647. The monoisotopic (exact) mass is 295 g/mol. The molecule has 0 radical (unpaired) electrons. The molecule has 0 saturated carbocycles. The Hall–Kier alpha value is -1.26. The third kappa shape index (κ3) is 3.50. The third-order valence-corrected chi connectivity index (χ3v) is 4.52. The Morgan fingerprint density at radius 1 is 1.14 bits per heavy atom. The first-order valence-electron chi connectivity index (χ1n) is 7.63. The highest BCUT2D eigenvalue weighted by Crippen LogP contribution is 2.39. The van der Waals surface area contributed by atoms with E-state index >= 15 is 0 Å². The van der Waals surface area contributed by atoms with Crippen LogP contribution < -0.4 is 9.47 Å². The van der Waals surface area contributed by atoms with Crippen molar-refractivity contribution >= 4 is 0 Å². The third-order valence-electron chi connectivity index (χ3n) is 4.52. The Labute approximate surface area is 128 Å². The van der Waals surface area contributed by atoms with Crippen LogP contribution in [0.5, 0.6) is 11.5 Å². The van der Waals surface area contributed by atoms with E-state index in [0.717, 1.165) is 30.8 Å². The summed E-state index contributed by atoms with van der Waals surface area (Å²) in [6.45, 7) is 10.2. The second-order valence-electron chi connectivity index (χ2n) is 5.39. The van der Waals surface area contributed by atoms with Crippen LogP contribution in [0.4, 0.5) is 0 Å². The summed E-state index contributed by atoms with van der Waals surface area (Å²) in [5, 5.41) is 11.0. The first-order valence-corrected chi connectivity index (χ1v) is 7.63. The van der Waals surface area contributed by atoms with Gasteiger partial charge in [-0.15, -0.1) is 0 Å². The van der Waals surface area contributed by atoms with E-state index in [1.807, 2.05) is 18.2 Å². The van der Waals surface area contributed by atoms with Gasteiger partial charge < -0.3 is 14.6 Å². The summed E-state index contributed by atoms with van der Waals surface area (Å²) in [5.74, 6) is 1.41. The maximum absolute atomic E-state index is 11.0. The van der Waals surface area contributed by atoms with Crippen molar-refractivity contribution in [2.75, 3.05) is 27.3 Å². The molecule has 0 aliphatic heterocycles. The number of benzene rings is 1. The van der Waals surface area contributed by atoms with Gasteiger partial charge in [0.1, 0.15) is 17.6 Å². The summed E-state index contributed by atoms with van der Waals surface area (Å²) in [5.41, 5.74) is 0.427. The number of rotatable bonds is 8. The normalized spacial score (nSPS) is 15.6. The van der Waals surface area contributed by atoms with Crippen LogP contribution in [-0.2, 0) is 0 Å². The molecular weight excluding hydrogens is 266 g/mol. The number of ether oxygens (including phenoxy) is 2. The summed E-state index contributed by atoms with van der Waals surface area (Å²) >= 11 is 0. The molecule has 0 aromatic heterocycles. The molecule has 0 saturated heterocycles. The zero-order valence-electron chi connectivity index (χ0n) is 14.1. The Morgan fingerprint density at radius 2 is 1.76 bits per heavy atom. The minimum absolute atomic E-state index is 0.344. The summed E-state index contributed by atoms with van der Waals surface area (Å²) in [6, 6.07) is 5.55. The molecule has 21 heavy (non-hydrogen) atoms. The predicted molar refractivity (Wildman–Crippen MR) is 86.1 cm³/mol. The van der Waals surface area contributed by atoms with Gasteiger partial charge >= 0.3 is 0 Å². The second kappa shape index (κ2) is 7.66. The lowest BCUT2D eigenvalue weighted by atomic mass is 9.84. The van der Waals surface area contributed by atoms with Gasteiger partial charge in [0.15, 0.2) is 0 Å². The molecule has 2 unspecified atom stereocenters. The minimum Gasteiger partial charge on any atom is -0.497 e. The molecule has 1 aromatic carbocycles. The molecule has 4 heteroatoms. The maximum atomic E-state index is 11.0. The molecule has 0 spiro atoms. The number of hydrogen-bond donors (Lipinski definition) is 1. The van der Waals surface area contributed by atoms with Gasteiger partial charge in [-0.25, -0.2) is 0 Å². The van der Waals surface area contributed by atoms with Crippen LogP contribution in [0.3, 0.4) is 0 Å². The van der Waals surface area contributed by atoms with E-state index in [-0.39, 0.29) is 5.54 Å². The maximum Gasteiger partial charge on any atom is 0.125 e. The lowest BCUT2D eigenvalue weighted by molar-refractivity contribution is -0.0224. The van der Waals surface area contributed by atoms with Crippen LogP contribution in [0.1, 0.15) is 45.8 Å². The van der Waals surface area contributed by atoms with Crippen molar-refractivity contribution in [1.29, 1.82) is 0 Å².